The summed E-state index contributed by atoms with van der Waals surface area (Å²) in [5, 5.41) is 18.5. The smallest absolute Gasteiger partial charge is 0.306 e. The minimum absolute atomic E-state index is 0.119. The summed E-state index contributed by atoms with van der Waals surface area (Å²) in [6.45, 7) is 4.35. The standard InChI is InChI=1S/C40H64O5/c1-3-5-25-31-37(41)32-27-21-17-13-9-7-12-16-20-24-30-36-40(44)45-38(33-26-6-4-2)34-28-22-18-14-10-8-11-15-19-23-29-35-39(42)43/h8,10,15-22,27-28,32,34,37-38,41H,3-7,9,11-14,23-26,29-31,33,35-36H2,1-2H3,(H,42,43)/t37-,38-/m0/s1. The van der Waals surface area contributed by atoms with Gasteiger partial charge in [-0.25, -0.2) is 0 Å². The zero-order valence-electron chi connectivity index (χ0n) is 28.5. The van der Waals surface area contributed by atoms with E-state index in [1.807, 2.05) is 42.5 Å². The number of aliphatic carboxylic acids is 1. The molecule has 0 rings (SSSR count). The van der Waals surface area contributed by atoms with Gasteiger partial charge in [0.15, 0.2) is 0 Å². The first-order valence-corrected chi connectivity index (χ1v) is 17.7. The number of hydrogen-bond donors (Lipinski definition) is 2. The van der Waals surface area contributed by atoms with E-state index in [1.54, 1.807) is 0 Å². The van der Waals surface area contributed by atoms with Crippen molar-refractivity contribution in [3.05, 3.63) is 85.1 Å². The van der Waals surface area contributed by atoms with Gasteiger partial charge in [-0.15, -0.1) is 0 Å². The van der Waals surface area contributed by atoms with Gasteiger partial charge in [0.25, 0.3) is 0 Å². The first kappa shape index (κ1) is 42.1. The molecular weight excluding hydrogens is 560 g/mol. The van der Waals surface area contributed by atoms with Crippen LogP contribution in [0.3, 0.4) is 0 Å². The third kappa shape index (κ3) is 33.8. The van der Waals surface area contributed by atoms with Gasteiger partial charge in [0.1, 0.15) is 6.10 Å². The lowest BCUT2D eigenvalue weighted by Crippen LogP contribution is -2.16. The maximum Gasteiger partial charge on any atom is 0.306 e. The van der Waals surface area contributed by atoms with Crippen molar-refractivity contribution in [2.75, 3.05) is 0 Å². The van der Waals surface area contributed by atoms with Crippen molar-refractivity contribution in [3.63, 3.8) is 0 Å². The average molecular weight is 625 g/mol. The maximum atomic E-state index is 12.4. The van der Waals surface area contributed by atoms with Crippen molar-refractivity contribution < 1.29 is 24.5 Å². The molecule has 254 valence electrons. The summed E-state index contributed by atoms with van der Waals surface area (Å²) >= 11 is 0. The number of aliphatic hydroxyl groups is 1. The molecule has 2 N–H and O–H groups in total. The Bertz CT molecular complexity index is 906. The lowest BCUT2D eigenvalue weighted by Gasteiger charge is -2.14. The lowest BCUT2D eigenvalue weighted by atomic mass is 10.1. The number of ether oxygens (including phenoxy) is 1. The first-order valence-electron chi connectivity index (χ1n) is 17.7. The highest BCUT2D eigenvalue weighted by Gasteiger charge is 2.10. The molecule has 0 aromatic heterocycles. The Kier molecular flexibility index (Phi) is 31.8. The van der Waals surface area contributed by atoms with E-state index >= 15 is 0 Å². The van der Waals surface area contributed by atoms with Crippen LogP contribution >= 0.6 is 0 Å². The molecule has 2 atom stereocenters. The molecule has 0 fully saturated rings. The number of allylic oxidation sites excluding steroid dienone is 12. The van der Waals surface area contributed by atoms with Crippen LogP contribution in [-0.2, 0) is 14.3 Å². The number of hydrogen-bond acceptors (Lipinski definition) is 4. The average Bonchev–Trinajstić information content (AvgIpc) is 3.01. The van der Waals surface area contributed by atoms with E-state index in [9.17, 15) is 14.7 Å². The van der Waals surface area contributed by atoms with Crippen LogP contribution in [0.2, 0.25) is 0 Å². The van der Waals surface area contributed by atoms with Gasteiger partial charge in [-0.05, 0) is 89.5 Å². The van der Waals surface area contributed by atoms with Gasteiger partial charge in [-0.3, -0.25) is 9.59 Å². The van der Waals surface area contributed by atoms with Crippen molar-refractivity contribution >= 4 is 11.9 Å². The number of carbonyl (C=O) groups is 2. The zero-order chi connectivity index (χ0) is 33.1. The van der Waals surface area contributed by atoms with Crippen molar-refractivity contribution in [1.29, 1.82) is 0 Å². The maximum absolute atomic E-state index is 12.4. The Balaban J connectivity index is 4.11. The highest BCUT2D eigenvalue weighted by molar-refractivity contribution is 5.69. The van der Waals surface area contributed by atoms with Gasteiger partial charge >= 0.3 is 11.9 Å². The molecule has 0 aromatic carbocycles. The van der Waals surface area contributed by atoms with Crippen LogP contribution in [0.15, 0.2) is 85.1 Å². The number of esters is 1. The molecule has 0 aromatic rings. The molecule has 0 saturated carbocycles. The largest absolute Gasteiger partial charge is 0.481 e. The molecule has 0 unspecified atom stereocenters. The highest BCUT2D eigenvalue weighted by Crippen LogP contribution is 2.12. The van der Waals surface area contributed by atoms with Gasteiger partial charge in [0.05, 0.1) is 6.10 Å². The minimum Gasteiger partial charge on any atom is -0.481 e. The molecule has 0 heterocycles. The predicted octanol–water partition coefficient (Wildman–Crippen LogP) is 11.1. The predicted molar refractivity (Wildman–Crippen MR) is 191 cm³/mol. The Labute approximate surface area is 275 Å². The molecule has 0 aliphatic carbocycles. The Hall–Kier alpha value is -2.92. The van der Waals surface area contributed by atoms with Gasteiger partial charge in [-0.1, -0.05) is 125 Å². The van der Waals surface area contributed by atoms with E-state index in [4.69, 9.17) is 9.84 Å². The second-order valence-corrected chi connectivity index (χ2v) is 11.6. The topological polar surface area (TPSA) is 83.8 Å². The number of carboxylic acid groups (broad SMARTS) is 1. The van der Waals surface area contributed by atoms with E-state index in [0.717, 1.165) is 96.3 Å². The zero-order valence-corrected chi connectivity index (χ0v) is 28.5. The molecule has 0 amide bonds. The third-order valence-corrected chi connectivity index (χ3v) is 7.18. The molecule has 5 nitrogen and oxygen atoms in total. The van der Waals surface area contributed by atoms with Crippen LogP contribution in [0.1, 0.15) is 142 Å². The van der Waals surface area contributed by atoms with E-state index < -0.39 is 5.97 Å². The lowest BCUT2D eigenvalue weighted by molar-refractivity contribution is -0.147. The van der Waals surface area contributed by atoms with E-state index in [0.29, 0.717) is 12.8 Å². The normalized spacial score (nSPS) is 14.0. The third-order valence-electron chi connectivity index (χ3n) is 7.18. The van der Waals surface area contributed by atoms with Gasteiger partial charge in [0.2, 0.25) is 0 Å². The Morgan fingerprint density at radius 2 is 1.11 bits per heavy atom. The monoisotopic (exact) mass is 624 g/mol. The number of carboxylic acids is 1. The molecule has 45 heavy (non-hydrogen) atoms. The van der Waals surface area contributed by atoms with Crippen LogP contribution in [-0.4, -0.2) is 34.4 Å². The minimum atomic E-state index is -0.740. The fourth-order valence-corrected chi connectivity index (χ4v) is 4.49. The van der Waals surface area contributed by atoms with Gasteiger partial charge in [0, 0.05) is 12.8 Å². The van der Waals surface area contributed by atoms with E-state index in [-0.39, 0.29) is 24.6 Å². The van der Waals surface area contributed by atoms with Crippen LogP contribution in [0, 0.1) is 0 Å². The first-order chi connectivity index (χ1) is 22.0. The summed E-state index contributed by atoms with van der Waals surface area (Å²) < 4.78 is 5.78. The number of aliphatic hydroxyl groups excluding tert-OH is 1. The summed E-state index contributed by atoms with van der Waals surface area (Å²) in [7, 11) is 0. The number of carbonyl (C=O) groups excluding carboxylic acids is 1. The van der Waals surface area contributed by atoms with Gasteiger partial charge < -0.3 is 14.9 Å². The molecule has 0 spiro atoms. The molecule has 0 bridgehead atoms. The van der Waals surface area contributed by atoms with Crippen molar-refractivity contribution in [1.82, 2.24) is 0 Å². The summed E-state index contributed by atoms with van der Waals surface area (Å²) in [6, 6.07) is 0. The molecule has 0 saturated heterocycles. The van der Waals surface area contributed by atoms with Gasteiger partial charge in [-0.2, -0.15) is 0 Å². The molecule has 0 aliphatic rings. The summed E-state index contributed by atoms with van der Waals surface area (Å²) in [5.74, 6) is -0.859. The molecule has 0 radical (unpaired) electrons. The quantitative estimate of drug-likeness (QED) is 0.0359. The van der Waals surface area contributed by atoms with E-state index in [2.05, 4.69) is 56.4 Å². The summed E-state index contributed by atoms with van der Waals surface area (Å²) in [4.78, 5) is 22.9. The summed E-state index contributed by atoms with van der Waals surface area (Å²) in [6.07, 6.45) is 46.8. The Morgan fingerprint density at radius 1 is 0.578 bits per heavy atom. The van der Waals surface area contributed by atoms with Crippen LogP contribution < -0.4 is 0 Å². The molecule has 0 aliphatic heterocycles. The van der Waals surface area contributed by atoms with Crippen molar-refractivity contribution in [3.8, 4) is 0 Å². The van der Waals surface area contributed by atoms with Crippen LogP contribution in [0.4, 0.5) is 0 Å². The SMILES string of the molecule is CCCCC[C@H](O)C=CC=CCCCCC=CCCCC(=O)O[C@H](C=CC=CCC=CCC=CCCCC(=O)O)CCCCC. The van der Waals surface area contributed by atoms with Crippen LogP contribution in [0.25, 0.3) is 0 Å². The second-order valence-electron chi connectivity index (χ2n) is 11.6. The summed E-state index contributed by atoms with van der Waals surface area (Å²) in [5.41, 5.74) is 0. The van der Waals surface area contributed by atoms with Crippen molar-refractivity contribution in [2.24, 2.45) is 0 Å². The number of unbranched alkanes of at least 4 members (excludes halogenated alkanes) is 9. The molecule has 5 heteroatoms. The number of rotatable bonds is 30. The van der Waals surface area contributed by atoms with Crippen LogP contribution in [0.5, 0.6) is 0 Å². The molecular formula is C40H64O5. The fourth-order valence-electron chi connectivity index (χ4n) is 4.49. The second kappa shape index (κ2) is 34.0. The van der Waals surface area contributed by atoms with Crippen molar-refractivity contribution in [2.45, 2.75) is 154 Å². The Morgan fingerprint density at radius 3 is 1.80 bits per heavy atom. The highest BCUT2D eigenvalue weighted by atomic mass is 16.5. The fraction of sp³-hybridized carbons (Fsp3) is 0.600. The van der Waals surface area contributed by atoms with E-state index in [1.165, 1.54) is 12.8 Å².